The maximum Gasteiger partial charge on any atom is 0.184 e. The van der Waals surface area contributed by atoms with Crippen molar-refractivity contribution < 1.29 is 4.74 Å². The number of fused-ring (bicyclic) bond motifs is 1. The maximum atomic E-state index is 5.27. The Morgan fingerprint density at radius 1 is 1.30 bits per heavy atom. The van der Waals surface area contributed by atoms with Crippen LogP contribution in [0, 0.1) is 11.8 Å². The molecular formula is C16H22N2OS. The molecule has 4 heteroatoms. The highest BCUT2D eigenvalue weighted by atomic mass is 32.1. The summed E-state index contributed by atoms with van der Waals surface area (Å²) in [6.07, 6.45) is 3.93. The first kappa shape index (κ1) is 13.7. The molecule has 0 saturated heterocycles. The number of thiazole rings is 1. The van der Waals surface area contributed by atoms with Gasteiger partial charge in [0.2, 0.25) is 0 Å². The van der Waals surface area contributed by atoms with Crippen LogP contribution in [0.3, 0.4) is 0 Å². The Balaban J connectivity index is 1.80. The van der Waals surface area contributed by atoms with Gasteiger partial charge in [0.05, 0.1) is 17.3 Å². The van der Waals surface area contributed by atoms with Crippen molar-refractivity contribution in [3.63, 3.8) is 0 Å². The number of hydrogen-bond donors (Lipinski definition) is 1. The molecule has 2 aromatic rings. The fourth-order valence-electron chi connectivity index (χ4n) is 3.04. The second-order valence-corrected chi connectivity index (χ2v) is 6.90. The minimum Gasteiger partial charge on any atom is -0.497 e. The molecule has 1 fully saturated rings. The standard InChI is InChI=1S/C16H22N2OS/c1-10-5-4-6-13(11(10)2)17-16-18-14-8-7-12(19-3)9-15(14)20-16/h7-11,13H,4-6H2,1-3H3,(H,17,18). The molecule has 108 valence electrons. The average Bonchev–Trinajstić information content (AvgIpc) is 2.85. The Labute approximate surface area is 124 Å². The number of hydrogen-bond acceptors (Lipinski definition) is 4. The lowest BCUT2D eigenvalue weighted by atomic mass is 9.78. The fourth-order valence-corrected chi connectivity index (χ4v) is 3.99. The predicted octanol–water partition coefficient (Wildman–Crippen LogP) is 4.54. The first-order valence-corrected chi connectivity index (χ1v) is 8.20. The Bertz CT molecular complexity index is 595. The molecule has 1 aromatic heterocycles. The molecule has 1 aliphatic rings. The highest BCUT2D eigenvalue weighted by Gasteiger charge is 2.27. The highest BCUT2D eigenvalue weighted by molar-refractivity contribution is 7.22. The summed E-state index contributed by atoms with van der Waals surface area (Å²) in [5.74, 6) is 2.41. The second-order valence-electron chi connectivity index (χ2n) is 5.87. The van der Waals surface area contributed by atoms with Crippen molar-refractivity contribution >= 4 is 26.7 Å². The number of nitrogens with zero attached hydrogens (tertiary/aromatic N) is 1. The average molecular weight is 290 g/mol. The third kappa shape index (κ3) is 2.62. The Kier molecular flexibility index (Phi) is 3.83. The van der Waals surface area contributed by atoms with Crippen molar-refractivity contribution in [3.8, 4) is 5.75 Å². The second kappa shape index (κ2) is 5.60. The largest absolute Gasteiger partial charge is 0.497 e. The lowest BCUT2D eigenvalue weighted by Gasteiger charge is -2.34. The summed E-state index contributed by atoms with van der Waals surface area (Å²) in [5, 5.41) is 4.70. The van der Waals surface area contributed by atoms with E-state index in [1.807, 2.05) is 12.1 Å². The number of ether oxygens (including phenoxy) is 1. The first-order chi connectivity index (χ1) is 9.67. The van der Waals surface area contributed by atoms with Crippen LogP contribution in [-0.2, 0) is 0 Å². The van der Waals surface area contributed by atoms with Crippen molar-refractivity contribution in [1.29, 1.82) is 0 Å². The van der Waals surface area contributed by atoms with E-state index in [1.54, 1.807) is 18.4 Å². The van der Waals surface area contributed by atoms with Crippen LogP contribution in [0.2, 0.25) is 0 Å². The molecule has 1 N–H and O–H groups in total. The minimum absolute atomic E-state index is 0.557. The van der Waals surface area contributed by atoms with Crippen LogP contribution in [0.25, 0.3) is 10.2 Å². The molecule has 3 unspecified atom stereocenters. The SMILES string of the molecule is COc1ccc2nc(NC3CCCC(C)C3C)sc2c1. The molecule has 0 bridgehead atoms. The normalized spacial score (nSPS) is 26.6. The smallest absolute Gasteiger partial charge is 0.184 e. The summed E-state index contributed by atoms with van der Waals surface area (Å²) < 4.78 is 6.45. The van der Waals surface area contributed by atoms with Gasteiger partial charge < -0.3 is 10.1 Å². The van der Waals surface area contributed by atoms with E-state index in [4.69, 9.17) is 9.72 Å². The monoisotopic (exact) mass is 290 g/mol. The van der Waals surface area contributed by atoms with E-state index in [1.165, 1.54) is 24.0 Å². The zero-order valence-corrected chi connectivity index (χ0v) is 13.2. The van der Waals surface area contributed by atoms with E-state index in [9.17, 15) is 0 Å². The molecular weight excluding hydrogens is 268 g/mol. The van der Waals surface area contributed by atoms with Crippen molar-refractivity contribution in [1.82, 2.24) is 4.98 Å². The summed E-state index contributed by atoms with van der Waals surface area (Å²) in [6.45, 7) is 4.72. The zero-order chi connectivity index (χ0) is 14.1. The van der Waals surface area contributed by atoms with Gasteiger partial charge in [0.25, 0.3) is 0 Å². The van der Waals surface area contributed by atoms with E-state index in [-0.39, 0.29) is 0 Å². The van der Waals surface area contributed by atoms with Crippen molar-refractivity contribution in [3.05, 3.63) is 18.2 Å². The van der Waals surface area contributed by atoms with Gasteiger partial charge in [-0.15, -0.1) is 0 Å². The van der Waals surface area contributed by atoms with Crippen LogP contribution < -0.4 is 10.1 Å². The first-order valence-electron chi connectivity index (χ1n) is 7.38. The van der Waals surface area contributed by atoms with E-state index in [2.05, 4.69) is 25.2 Å². The topological polar surface area (TPSA) is 34.1 Å². The van der Waals surface area contributed by atoms with E-state index >= 15 is 0 Å². The predicted molar refractivity (Wildman–Crippen MR) is 85.8 cm³/mol. The summed E-state index contributed by atoms with van der Waals surface area (Å²) in [6, 6.07) is 6.62. The van der Waals surface area contributed by atoms with Gasteiger partial charge in [-0.1, -0.05) is 38.0 Å². The molecule has 0 aliphatic heterocycles. The Hall–Kier alpha value is -1.29. The third-order valence-electron chi connectivity index (χ3n) is 4.61. The van der Waals surface area contributed by atoms with Crippen molar-refractivity contribution in [2.24, 2.45) is 11.8 Å². The van der Waals surface area contributed by atoms with Gasteiger partial charge in [-0.3, -0.25) is 0 Å². The van der Waals surface area contributed by atoms with Gasteiger partial charge in [0.15, 0.2) is 5.13 Å². The number of aromatic nitrogens is 1. The van der Waals surface area contributed by atoms with Gasteiger partial charge in [0.1, 0.15) is 5.75 Å². The molecule has 3 nitrogen and oxygen atoms in total. The Morgan fingerprint density at radius 2 is 2.15 bits per heavy atom. The highest BCUT2D eigenvalue weighted by Crippen LogP contribution is 2.34. The lowest BCUT2D eigenvalue weighted by Crippen LogP contribution is -2.34. The van der Waals surface area contributed by atoms with Crippen LogP contribution in [0.5, 0.6) is 5.75 Å². The molecule has 1 aromatic carbocycles. The number of methoxy groups -OCH3 is 1. The van der Waals surface area contributed by atoms with E-state index in [0.29, 0.717) is 12.0 Å². The molecule has 3 atom stereocenters. The number of nitrogens with one attached hydrogen (secondary N) is 1. The van der Waals surface area contributed by atoms with Crippen LogP contribution in [-0.4, -0.2) is 18.1 Å². The maximum absolute atomic E-state index is 5.27. The van der Waals surface area contributed by atoms with Crippen LogP contribution in [0.1, 0.15) is 33.1 Å². The van der Waals surface area contributed by atoms with Gasteiger partial charge in [-0.2, -0.15) is 0 Å². The quantitative estimate of drug-likeness (QED) is 0.901. The van der Waals surface area contributed by atoms with E-state index in [0.717, 1.165) is 22.3 Å². The minimum atomic E-state index is 0.557. The number of anilines is 1. The Morgan fingerprint density at radius 3 is 2.95 bits per heavy atom. The van der Waals surface area contributed by atoms with Gasteiger partial charge in [-0.05, 0) is 36.5 Å². The van der Waals surface area contributed by atoms with Crippen LogP contribution in [0.15, 0.2) is 18.2 Å². The number of benzene rings is 1. The molecule has 1 saturated carbocycles. The third-order valence-corrected chi connectivity index (χ3v) is 5.56. The van der Waals surface area contributed by atoms with Gasteiger partial charge in [-0.25, -0.2) is 4.98 Å². The molecule has 3 rings (SSSR count). The summed E-state index contributed by atoms with van der Waals surface area (Å²) >= 11 is 1.72. The number of rotatable bonds is 3. The molecule has 0 amide bonds. The van der Waals surface area contributed by atoms with Crippen molar-refractivity contribution in [2.45, 2.75) is 39.2 Å². The molecule has 1 aliphatic carbocycles. The van der Waals surface area contributed by atoms with Crippen LogP contribution >= 0.6 is 11.3 Å². The molecule has 0 radical (unpaired) electrons. The molecule has 0 spiro atoms. The zero-order valence-electron chi connectivity index (χ0n) is 12.3. The molecule has 1 heterocycles. The van der Waals surface area contributed by atoms with E-state index < -0.39 is 0 Å². The van der Waals surface area contributed by atoms with Crippen molar-refractivity contribution in [2.75, 3.05) is 12.4 Å². The molecule has 20 heavy (non-hydrogen) atoms. The summed E-state index contributed by atoms with van der Waals surface area (Å²) in [4.78, 5) is 4.69. The summed E-state index contributed by atoms with van der Waals surface area (Å²) in [5.41, 5.74) is 1.05. The summed E-state index contributed by atoms with van der Waals surface area (Å²) in [7, 11) is 1.70. The van der Waals surface area contributed by atoms with Gasteiger partial charge >= 0.3 is 0 Å². The van der Waals surface area contributed by atoms with Crippen LogP contribution in [0.4, 0.5) is 5.13 Å². The van der Waals surface area contributed by atoms with Gasteiger partial charge in [0, 0.05) is 6.04 Å². The lowest BCUT2D eigenvalue weighted by molar-refractivity contribution is 0.253. The fraction of sp³-hybridized carbons (Fsp3) is 0.562.